The van der Waals surface area contributed by atoms with Crippen LogP contribution in [0.25, 0.3) is 0 Å². The molecule has 3 atom stereocenters. The van der Waals surface area contributed by atoms with E-state index in [0.717, 1.165) is 28.5 Å². The van der Waals surface area contributed by atoms with Crippen LogP contribution >= 0.6 is 23.4 Å². The lowest BCUT2D eigenvalue weighted by molar-refractivity contribution is 0.432. The maximum absolute atomic E-state index is 6.22. The van der Waals surface area contributed by atoms with Crippen LogP contribution < -0.4 is 5.32 Å². The van der Waals surface area contributed by atoms with Crippen LogP contribution in [0.4, 0.5) is 0 Å². The van der Waals surface area contributed by atoms with Crippen LogP contribution in [0.15, 0.2) is 24.3 Å². The van der Waals surface area contributed by atoms with Gasteiger partial charge in [0.2, 0.25) is 0 Å². The van der Waals surface area contributed by atoms with Crippen LogP contribution in [0, 0.1) is 5.92 Å². The van der Waals surface area contributed by atoms with Crippen LogP contribution in [0.5, 0.6) is 0 Å². The topological polar surface area (TPSA) is 12.0 Å². The van der Waals surface area contributed by atoms with E-state index in [1.807, 2.05) is 12.1 Å². The van der Waals surface area contributed by atoms with Crippen molar-refractivity contribution in [1.82, 2.24) is 5.32 Å². The van der Waals surface area contributed by atoms with Gasteiger partial charge in [-0.15, -0.1) is 0 Å². The van der Waals surface area contributed by atoms with Crippen molar-refractivity contribution in [2.75, 3.05) is 6.54 Å². The quantitative estimate of drug-likeness (QED) is 0.814. The van der Waals surface area contributed by atoms with Gasteiger partial charge in [0.05, 0.1) is 0 Å². The normalized spacial score (nSPS) is 26.8. The average Bonchev–Trinajstić information content (AvgIpc) is 2.76. The first-order valence-electron chi connectivity index (χ1n) is 7.30. The van der Waals surface area contributed by atoms with Crippen molar-refractivity contribution >= 4 is 23.4 Å². The molecule has 0 aliphatic heterocycles. The zero-order valence-electron chi connectivity index (χ0n) is 11.9. The Labute approximate surface area is 126 Å². The number of hydrogen-bond acceptors (Lipinski definition) is 2. The molecule has 1 aliphatic carbocycles. The van der Waals surface area contributed by atoms with Crippen molar-refractivity contribution in [3.05, 3.63) is 34.9 Å². The zero-order chi connectivity index (χ0) is 13.7. The molecule has 2 rings (SSSR count). The van der Waals surface area contributed by atoms with Gasteiger partial charge in [0.25, 0.3) is 0 Å². The van der Waals surface area contributed by atoms with Crippen molar-refractivity contribution in [1.29, 1.82) is 0 Å². The first-order valence-corrected chi connectivity index (χ1v) is 8.73. The minimum absolute atomic E-state index is 0.712. The molecular formula is C16H24ClNS. The minimum Gasteiger partial charge on any atom is -0.314 e. The zero-order valence-corrected chi connectivity index (χ0v) is 13.4. The number of hydrogen-bond donors (Lipinski definition) is 1. The number of nitrogens with one attached hydrogen (secondary N) is 1. The van der Waals surface area contributed by atoms with E-state index >= 15 is 0 Å². The summed E-state index contributed by atoms with van der Waals surface area (Å²) in [5.41, 5.74) is 1.27. The van der Waals surface area contributed by atoms with E-state index < -0.39 is 0 Å². The van der Waals surface area contributed by atoms with Crippen LogP contribution in [0.3, 0.4) is 0 Å². The molecular weight excluding hydrogens is 274 g/mol. The van der Waals surface area contributed by atoms with E-state index in [1.54, 1.807) is 0 Å². The molecule has 0 amide bonds. The van der Waals surface area contributed by atoms with Gasteiger partial charge in [0, 0.05) is 22.1 Å². The van der Waals surface area contributed by atoms with Gasteiger partial charge in [-0.25, -0.2) is 0 Å². The largest absolute Gasteiger partial charge is 0.314 e. The van der Waals surface area contributed by atoms with E-state index in [-0.39, 0.29) is 0 Å². The van der Waals surface area contributed by atoms with Gasteiger partial charge in [-0.2, -0.15) is 11.8 Å². The van der Waals surface area contributed by atoms with Gasteiger partial charge < -0.3 is 5.32 Å². The van der Waals surface area contributed by atoms with Crippen molar-refractivity contribution in [2.45, 2.75) is 50.2 Å². The third-order valence-corrected chi connectivity index (χ3v) is 5.99. The van der Waals surface area contributed by atoms with Crippen LogP contribution in [-0.4, -0.2) is 17.8 Å². The number of rotatable bonds is 6. The maximum Gasteiger partial charge on any atom is 0.0446 e. The minimum atomic E-state index is 0.712. The molecule has 0 saturated heterocycles. The maximum atomic E-state index is 6.22. The molecule has 1 aromatic rings. The first kappa shape index (κ1) is 15.2. The molecule has 19 heavy (non-hydrogen) atoms. The highest BCUT2D eigenvalue weighted by Gasteiger charge is 2.32. The second-order valence-electron chi connectivity index (χ2n) is 5.44. The van der Waals surface area contributed by atoms with Crippen LogP contribution in [0.1, 0.15) is 38.7 Å². The molecule has 3 unspecified atom stereocenters. The van der Waals surface area contributed by atoms with E-state index in [1.165, 1.54) is 24.8 Å². The van der Waals surface area contributed by atoms with Crippen molar-refractivity contribution < 1.29 is 0 Å². The highest BCUT2D eigenvalue weighted by Crippen LogP contribution is 2.37. The third-order valence-electron chi connectivity index (χ3n) is 4.05. The monoisotopic (exact) mass is 297 g/mol. The first-order chi connectivity index (χ1) is 9.22. The van der Waals surface area contributed by atoms with E-state index in [9.17, 15) is 0 Å². The molecule has 0 radical (unpaired) electrons. The molecule has 0 spiro atoms. The third kappa shape index (κ3) is 4.14. The van der Waals surface area contributed by atoms with Gasteiger partial charge in [0.1, 0.15) is 0 Å². The summed E-state index contributed by atoms with van der Waals surface area (Å²) in [5.74, 6) is 1.80. The molecule has 0 bridgehead atoms. The van der Waals surface area contributed by atoms with Crippen molar-refractivity contribution in [2.24, 2.45) is 5.92 Å². The van der Waals surface area contributed by atoms with Crippen LogP contribution in [0.2, 0.25) is 5.02 Å². The summed E-state index contributed by atoms with van der Waals surface area (Å²) in [5, 5.41) is 5.35. The molecule has 1 aliphatic rings. The summed E-state index contributed by atoms with van der Waals surface area (Å²) in [4.78, 5) is 0. The lowest BCUT2D eigenvalue weighted by atomic mass is 10.1. The summed E-state index contributed by atoms with van der Waals surface area (Å²) in [7, 11) is 0. The summed E-state index contributed by atoms with van der Waals surface area (Å²) < 4.78 is 0. The summed E-state index contributed by atoms with van der Waals surface area (Å²) >= 11 is 8.29. The molecule has 1 N–H and O–H groups in total. The number of halogens is 1. The molecule has 3 heteroatoms. The summed E-state index contributed by atoms with van der Waals surface area (Å²) in [6.45, 7) is 5.78. The Morgan fingerprint density at radius 3 is 2.84 bits per heavy atom. The standard InChI is InChI=1S/C16H24ClNS/c1-3-10-18-15-8-9-16(12(15)2)19-11-13-6-4-5-7-14(13)17/h4-7,12,15-16,18H,3,8-11H2,1-2H3. The van der Waals surface area contributed by atoms with Crippen molar-refractivity contribution in [3.8, 4) is 0 Å². The molecule has 106 valence electrons. The van der Waals surface area contributed by atoms with E-state index in [4.69, 9.17) is 11.6 Å². The van der Waals surface area contributed by atoms with E-state index in [0.29, 0.717) is 6.04 Å². The van der Waals surface area contributed by atoms with E-state index in [2.05, 4.69) is 43.1 Å². The Bertz CT molecular complexity index is 396. The fourth-order valence-electron chi connectivity index (χ4n) is 2.79. The average molecular weight is 298 g/mol. The second-order valence-corrected chi connectivity index (χ2v) is 7.07. The SMILES string of the molecule is CCCNC1CCC(SCc2ccccc2Cl)C1C. The van der Waals surface area contributed by atoms with Gasteiger partial charge in [0.15, 0.2) is 0 Å². The predicted molar refractivity (Wildman–Crippen MR) is 87.0 cm³/mol. The Morgan fingerprint density at radius 1 is 1.32 bits per heavy atom. The number of benzene rings is 1. The smallest absolute Gasteiger partial charge is 0.0446 e. The Kier molecular flexibility index (Phi) is 6.06. The predicted octanol–water partition coefficient (Wildman–Crippen LogP) is 4.74. The fourth-order valence-corrected chi connectivity index (χ4v) is 4.52. The molecule has 1 aromatic carbocycles. The van der Waals surface area contributed by atoms with Gasteiger partial charge in [-0.1, -0.05) is 43.6 Å². The second kappa shape index (κ2) is 7.56. The molecule has 0 heterocycles. The van der Waals surface area contributed by atoms with Gasteiger partial charge >= 0.3 is 0 Å². The summed E-state index contributed by atoms with van der Waals surface area (Å²) in [6.07, 6.45) is 3.87. The van der Waals surface area contributed by atoms with Crippen molar-refractivity contribution in [3.63, 3.8) is 0 Å². The van der Waals surface area contributed by atoms with Gasteiger partial charge in [-0.05, 0) is 43.4 Å². The fraction of sp³-hybridized carbons (Fsp3) is 0.625. The lowest BCUT2D eigenvalue weighted by Crippen LogP contribution is -2.33. The highest BCUT2D eigenvalue weighted by atomic mass is 35.5. The van der Waals surface area contributed by atoms with Crippen LogP contribution in [-0.2, 0) is 5.75 Å². The Morgan fingerprint density at radius 2 is 2.11 bits per heavy atom. The number of thioether (sulfide) groups is 1. The molecule has 1 saturated carbocycles. The van der Waals surface area contributed by atoms with Gasteiger partial charge in [-0.3, -0.25) is 0 Å². The highest BCUT2D eigenvalue weighted by molar-refractivity contribution is 7.99. The Hall–Kier alpha value is -0.180. The molecule has 0 aromatic heterocycles. The Balaban J connectivity index is 1.82. The molecule has 1 nitrogen and oxygen atoms in total. The lowest BCUT2D eigenvalue weighted by Gasteiger charge is -2.21. The summed E-state index contributed by atoms with van der Waals surface area (Å²) in [6, 6.07) is 8.91. The molecule has 1 fully saturated rings.